The van der Waals surface area contributed by atoms with Crippen LogP contribution in [0.25, 0.3) is 10.9 Å². The molecule has 32 heavy (non-hydrogen) atoms. The van der Waals surface area contributed by atoms with Gasteiger partial charge in [-0.25, -0.2) is 0 Å². The number of aliphatic imine (C=N–C) groups is 1. The Kier molecular flexibility index (Phi) is 6.39. The number of benzene rings is 2. The van der Waals surface area contributed by atoms with Crippen LogP contribution in [0, 0.1) is 11.5 Å². The number of hydrogen-bond donors (Lipinski definition) is 3. The number of hydrogen-bond acceptors (Lipinski definition) is 6. The Morgan fingerprint density at radius 1 is 1.09 bits per heavy atom. The first-order valence-electron chi connectivity index (χ1n) is 9.90. The first-order valence-corrected chi connectivity index (χ1v) is 10.8. The van der Waals surface area contributed by atoms with E-state index < -0.39 is 0 Å². The van der Waals surface area contributed by atoms with E-state index in [0.29, 0.717) is 22.9 Å². The van der Waals surface area contributed by atoms with E-state index in [4.69, 9.17) is 5.26 Å². The molecule has 158 valence electrons. The zero-order valence-electron chi connectivity index (χ0n) is 17.3. The summed E-state index contributed by atoms with van der Waals surface area (Å²) in [5, 5.41) is 21.0. The fourth-order valence-corrected chi connectivity index (χ4v) is 4.06. The lowest BCUT2D eigenvalue weighted by molar-refractivity contribution is 0.103. The Morgan fingerprint density at radius 2 is 1.91 bits per heavy atom. The molecule has 0 spiro atoms. The first-order chi connectivity index (χ1) is 15.6. The average molecular weight is 441 g/mol. The molecule has 0 unspecified atom stereocenters. The van der Waals surface area contributed by atoms with E-state index >= 15 is 0 Å². The van der Waals surface area contributed by atoms with Crippen molar-refractivity contribution in [1.29, 1.82) is 5.26 Å². The van der Waals surface area contributed by atoms with Crippen LogP contribution in [0.3, 0.4) is 0 Å². The van der Waals surface area contributed by atoms with Gasteiger partial charge >= 0.3 is 0 Å². The van der Waals surface area contributed by atoms with Gasteiger partial charge in [-0.2, -0.15) is 10.3 Å². The quantitative estimate of drug-likeness (QED) is 0.210. The number of para-hydroxylation sites is 1. The van der Waals surface area contributed by atoms with Crippen molar-refractivity contribution in [1.82, 2.24) is 4.98 Å². The van der Waals surface area contributed by atoms with E-state index in [-0.39, 0.29) is 5.91 Å². The van der Waals surface area contributed by atoms with Gasteiger partial charge < -0.3 is 16.0 Å². The van der Waals surface area contributed by atoms with Crippen LogP contribution in [0.2, 0.25) is 0 Å². The average Bonchev–Trinajstić information content (AvgIpc) is 3.27. The van der Waals surface area contributed by atoms with E-state index in [9.17, 15) is 4.79 Å². The summed E-state index contributed by atoms with van der Waals surface area (Å²) in [6, 6.07) is 19.1. The lowest BCUT2D eigenvalue weighted by atomic mass is 10.1. The van der Waals surface area contributed by atoms with Gasteiger partial charge in [-0.1, -0.05) is 24.3 Å². The van der Waals surface area contributed by atoms with E-state index in [1.165, 1.54) is 11.3 Å². The van der Waals surface area contributed by atoms with Crippen LogP contribution in [0.4, 0.5) is 17.1 Å². The second-order valence-electron chi connectivity index (χ2n) is 6.96. The number of nitrogens with zero attached hydrogens (tertiary/aromatic N) is 3. The maximum absolute atomic E-state index is 12.9. The van der Waals surface area contributed by atoms with Gasteiger partial charge in [0.05, 0.1) is 11.2 Å². The monoisotopic (exact) mass is 440 g/mol. The Labute approximate surface area is 189 Å². The molecule has 0 bridgehead atoms. The van der Waals surface area contributed by atoms with Gasteiger partial charge in [-0.05, 0) is 54.3 Å². The van der Waals surface area contributed by atoms with Gasteiger partial charge in [-0.15, -0.1) is 11.3 Å². The highest BCUT2D eigenvalue weighted by atomic mass is 32.1. The van der Waals surface area contributed by atoms with E-state index in [0.717, 1.165) is 27.8 Å². The largest absolute Gasteiger partial charge is 0.380 e. The molecule has 1 amide bonds. The molecule has 3 N–H and O–H groups in total. The predicted octanol–water partition coefficient (Wildman–Crippen LogP) is 5.47. The standard InChI is InChI=1S/C24H20N6OS/c1-16(28-15-25)29-18-5-4-6-19(13-18)30-24(31)23-22(10-12-32-23)27-14-17-9-11-26-21-8-3-2-7-20(17)21/h2-13,27H,14H2,1H3,(H,28,29)(H,30,31). The molecule has 7 nitrogen and oxygen atoms in total. The van der Waals surface area contributed by atoms with Crippen molar-refractivity contribution in [2.75, 3.05) is 16.0 Å². The van der Waals surface area contributed by atoms with Crippen LogP contribution in [-0.2, 0) is 6.54 Å². The molecular formula is C24H20N6OS. The molecule has 2 aromatic carbocycles. The number of amides is 1. The number of pyridine rings is 1. The summed E-state index contributed by atoms with van der Waals surface area (Å²) >= 11 is 1.38. The molecule has 2 heterocycles. The second-order valence-corrected chi connectivity index (χ2v) is 7.88. The Morgan fingerprint density at radius 3 is 2.75 bits per heavy atom. The Hall–Kier alpha value is -4.22. The molecular weight excluding hydrogens is 420 g/mol. The fraction of sp³-hybridized carbons (Fsp3) is 0.0833. The number of fused-ring (bicyclic) bond motifs is 1. The third kappa shape index (κ3) is 4.91. The predicted molar refractivity (Wildman–Crippen MR) is 130 cm³/mol. The molecule has 0 aliphatic carbocycles. The number of amidine groups is 1. The normalized spacial score (nSPS) is 11.1. The maximum Gasteiger partial charge on any atom is 0.267 e. The number of nitriles is 1. The highest BCUT2D eigenvalue weighted by Crippen LogP contribution is 2.26. The number of carbonyl (C=O) groups excluding carboxylic acids is 1. The lowest BCUT2D eigenvalue weighted by Crippen LogP contribution is -2.13. The number of anilines is 3. The molecule has 4 rings (SSSR count). The summed E-state index contributed by atoms with van der Waals surface area (Å²) in [7, 11) is 0. The van der Waals surface area contributed by atoms with E-state index in [1.807, 2.05) is 60.0 Å². The molecule has 0 aliphatic heterocycles. The smallest absolute Gasteiger partial charge is 0.267 e. The summed E-state index contributed by atoms with van der Waals surface area (Å²) in [6.07, 6.45) is 3.54. The molecule has 0 aliphatic rings. The molecule has 4 aromatic rings. The number of nitrogens with one attached hydrogen (secondary N) is 3. The van der Waals surface area contributed by atoms with Gasteiger partial charge in [0.15, 0.2) is 0 Å². The number of aromatic nitrogens is 1. The van der Waals surface area contributed by atoms with Crippen molar-refractivity contribution < 1.29 is 4.79 Å². The van der Waals surface area contributed by atoms with E-state index in [2.05, 4.69) is 25.9 Å². The van der Waals surface area contributed by atoms with Crippen molar-refractivity contribution in [3.63, 3.8) is 0 Å². The van der Waals surface area contributed by atoms with Crippen LogP contribution in [-0.4, -0.2) is 16.7 Å². The molecule has 0 atom stereocenters. The minimum absolute atomic E-state index is 0.193. The fourth-order valence-electron chi connectivity index (χ4n) is 3.30. The maximum atomic E-state index is 12.9. The number of thiophene rings is 1. The van der Waals surface area contributed by atoms with Crippen LogP contribution in [0.1, 0.15) is 22.2 Å². The third-order valence-corrected chi connectivity index (χ3v) is 5.66. The Balaban J connectivity index is 1.46. The van der Waals surface area contributed by atoms with Crippen LogP contribution < -0.4 is 16.0 Å². The van der Waals surface area contributed by atoms with Crippen LogP contribution in [0.5, 0.6) is 0 Å². The first kappa shape index (κ1) is 21.0. The van der Waals surface area contributed by atoms with Crippen molar-refractivity contribution in [3.8, 4) is 6.19 Å². The zero-order chi connectivity index (χ0) is 22.3. The summed E-state index contributed by atoms with van der Waals surface area (Å²) in [5.41, 5.74) is 4.21. The molecule has 0 saturated heterocycles. The minimum Gasteiger partial charge on any atom is -0.380 e. The summed E-state index contributed by atoms with van der Waals surface area (Å²) in [4.78, 5) is 21.6. The van der Waals surface area contributed by atoms with Crippen LogP contribution >= 0.6 is 11.3 Å². The molecule has 2 aromatic heterocycles. The van der Waals surface area contributed by atoms with Crippen LogP contribution in [0.15, 0.2) is 77.2 Å². The van der Waals surface area contributed by atoms with Gasteiger partial charge in [0.1, 0.15) is 10.7 Å². The highest BCUT2D eigenvalue weighted by Gasteiger charge is 2.14. The topological polar surface area (TPSA) is 102 Å². The summed E-state index contributed by atoms with van der Waals surface area (Å²) in [6.45, 7) is 2.28. The summed E-state index contributed by atoms with van der Waals surface area (Å²) < 4.78 is 0. The van der Waals surface area contributed by atoms with Gasteiger partial charge in [0.25, 0.3) is 5.91 Å². The van der Waals surface area contributed by atoms with Gasteiger partial charge in [-0.3, -0.25) is 9.78 Å². The van der Waals surface area contributed by atoms with Crippen molar-refractivity contribution in [2.45, 2.75) is 13.5 Å². The van der Waals surface area contributed by atoms with Crippen molar-refractivity contribution in [3.05, 3.63) is 82.7 Å². The van der Waals surface area contributed by atoms with Gasteiger partial charge in [0, 0.05) is 29.5 Å². The second kappa shape index (κ2) is 9.73. The highest BCUT2D eigenvalue weighted by molar-refractivity contribution is 7.12. The van der Waals surface area contributed by atoms with Crippen molar-refractivity contribution >= 4 is 51.0 Å². The molecule has 0 saturated carbocycles. The minimum atomic E-state index is -0.193. The SMILES string of the molecule is C/C(=N\C#N)Nc1cccc(NC(=O)c2sccc2NCc2ccnc3ccccc23)c1. The van der Waals surface area contributed by atoms with E-state index in [1.54, 1.807) is 25.4 Å². The number of rotatable bonds is 6. The number of carbonyl (C=O) groups is 1. The summed E-state index contributed by atoms with van der Waals surface area (Å²) in [5.74, 6) is 0.283. The zero-order valence-corrected chi connectivity index (χ0v) is 18.1. The molecule has 8 heteroatoms. The third-order valence-electron chi connectivity index (χ3n) is 4.74. The van der Waals surface area contributed by atoms with Crippen molar-refractivity contribution in [2.24, 2.45) is 4.99 Å². The molecule has 0 radical (unpaired) electrons. The molecule has 0 fully saturated rings. The lowest BCUT2D eigenvalue weighted by Gasteiger charge is -2.11. The Bertz CT molecular complexity index is 1330. The van der Waals surface area contributed by atoms with Gasteiger partial charge in [0.2, 0.25) is 6.19 Å².